The van der Waals surface area contributed by atoms with Crippen molar-refractivity contribution in [2.75, 3.05) is 26.3 Å². The van der Waals surface area contributed by atoms with E-state index in [1.807, 2.05) is 23.3 Å². The van der Waals surface area contributed by atoms with E-state index in [0.717, 1.165) is 26.2 Å². The molecule has 1 fully saturated rings. The standard InChI is InChI=1S/C12H18N2O2S/c1-2-16-7-4-6-14-11(15)9-13-12(14)10-5-3-8-17-10/h3,5,8,12-13H,2,4,6-7,9H2,1H3. The number of nitrogens with zero attached hydrogens (tertiary/aromatic N) is 1. The number of hydrogen-bond acceptors (Lipinski definition) is 4. The maximum Gasteiger partial charge on any atom is 0.238 e. The highest BCUT2D eigenvalue weighted by Gasteiger charge is 2.31. The van der Waals surface area contributed by atoms with Crippen LogP contribution < -0.4 is 5.32 Å². The summed E-state index contributed by atoms with van der Waals surface area (Å²) in [6.45, 7) is 4.64. The molecule has 1 aromatic rings. The van der Waals surface area contributed by atoms with Crippen molar-refractivity contribution in [2.24, 2.45) is 0 Å². The van der Waals surface area contributed by atoms with Crippen molar-refractivity contribution in [2.45, 2.75) is 19.5 Å². The maximum absolute atomic E-state index is 11.8. The zero-order valence-electron chi connectivity index (χ0n) is 10.0. The quantitative estimate of drug-likeness (QED) is 0.784. The van der Waals surface area contributed by atoms with Crippen LogP contribution in [0.4, 0.5) is 0 Å². The second-order valence-corrected chi connectivity index (χ2v) is 4.92. The Kier molecular flexibility index (Phi) is 4.53. The summed E-state index contributed by atoms with van der Waals surface area (Å²) in [5, 5.41) is 5.29. The largest absolute Gasteiger partial charge is 0.382 e. The summed E-state index contributed by atoms with van der Waals surface area (Å²) in [5.74, 6) is 0.180. The molecule has 0 aromatic carbocycles. The monoisotopic (exact) mass is 254 g/mol. The van der Waals surface area contributed by atoms with Crippen LogP contribution in [0.1, 0.15) is 24.4 Å². The molecule has 1 aromatic heterocycles. The number of thiophene rings is 1. The van der Waals surface area contributed by atoms with Gasteiger partial charge in [-0.15, -0.1) is 11.3 Å². The molecule has 1 amide bonds. The van der Waals surface area contributed by atoms with Crippen molar-refractivity contribution in [3.63, 3.8) is 0 Å². The number of carbonyl (C=O) groups is 1. The van der Waals surface area contributed by atoms with Crippen LogP contribution in [-0.4, -0.2) is 37.1 Å². The van der Waals surface area contributed by atoms with Crippen molar-refractivity contribution in [3.05, 3.63) is 22.4 Å². The summed E-state index contributed by atoms with van der Waals surface area (Å²) < 4.78 is 5.30. The first-order chi connectivity index (χ1) is 8.33. The first-order valence-electron chi connectivity index (χ1n) is 5.97. The lowest BCUT2D eigenvalue weighted by atomic mass is 10.3. The molecule has 0 spiro atoms. The lowest BCUT2D eigenvalue weighted by Gasteiger charge is -2.23. The third-order valence-electron chi connectivity index (χ3n) is 2.78. The van der Waals surface area contributed by atoms with Gasteiger partial charge in [0.1, 0.15) is 6.17 Å². The molecule has 1 N–H and O–H groups in total. The number of amides is 1. The van der Waals surface area contributed by atoms with E-state index in [2.05, 4.69) is 11.4 Å². The zero-order valence-corrected chi connectivity index (χ0v) is 10.8. The Balaban J connectivity index is 1.90. The first-order valence-corrected chi connectivity index (χ1v) is 6.85. The Labute approximate surface area is 106 Å². The number of rotatable bonds is 6. The molecule has 2 rings (SSSR count). The Hall–Kier alpha value is -0.910. The van der Waals surface area contributed by atoms with Crippen molar-refractivity contribution in [3.8, 4) is 0 Å². The molecule has 5 heteroatoms. The van der Waals surface area contributed by atoms with Crippen LogP contribution in [0.15, 0.2) is 17.5 Å². The highest BCUT2D eigenvalue weighted by atomic mass is 32.1. The van der Waals surface area contributed by atoms with Crippen LogP contribution in [0.25, 0.3) is 0 Å². The number of hydrogen-bond donors (Lipinski definition) is 1. The second kappa shape index (κ2) is 6.14. The summed E-state index contributed by atoms with van der Waals surface area (Å²) in [4.78, 5) is 14.9. The molecule has 0 aliphatic carbocycles. The van der Waals surface area contributed by atoms with E-state index in [1.54, 1.807) is 11.3 Å². The zero-order chi connectivity index (χ0) is 12.1. The van der Waals surface area contributed by atoms with Crippen molar-refractivity contribution < 1.29 is 9.53 Å². The molecule has 4 nitrogen and oxygen atoms in total. The van der Waals surface area contributed by atoms with Gasteiger partial charge in [0.25, 0.3) is 0 Å². The molecule has 0 bridgehead atoms. The Bertz CT molecular complexity index is 353. The molecule has 0 radical (unpaired) electrons. The molecule has 1 aliphatic heterocycles. The van der Waals surface area contributed by atoms with E-state index in [0.29, 0.717) is 6.54 Å². The van der Waals surface area contributed by atoms with Crippen LogP contribution in [0.3, 0.4) is 0 Å². The van der Waals surface area contributed by atoms with E-state index in [4.69, 9.17) is 4.74 Å². The molecule has 94 valence electrons. The van der Waals surface area contributed by atoms with Crippen LogP contribution in [0, 0.1) is 0 Å². The minimum atomic E-state index is 0.0594. The molecular weight excluding hydrogens is 236 g/mol. The van der Waals surface area contributed by atoms with E-state index >= 15 is 0 Å². The maximum atomic E-state index is 11.8. The van der Waals surface area contributed by atoms with Gasteiger partial charge in [0.2, 0.25) is 5.91 Å². The predicted molar refractivity (Wildman–Crippen MR) is 67.9 cm³/mol. The smallest absolute Gasteiger partial charge is 0.238 e. The topological polar surface area (TPSA) is 41.6 Å². The van der Waals surface area contributed by atoms with E-state index in [-0.39, 0.29) is 12.1 Å². The second-order valence-electron chi connectivity index (χ2n) is 3.94. The van der Waals surface area contributed by atoms with Gasteiger partial charge in [-0.05, 0) is 24.8 Å². The van der Waals surface area contributed by atoms with Crippen molar-refractivity contribution >= 4 is 17.2 Å². The summed E-state index contributed by atoms with van der Waals surface area (Å²) in [6.07, 6.45) is 0.951. The van der Waals surface area contributed by atoms with E-state index in [9.17, 15) is 4.79 Å². The molecule has 2 heterocycles. The fraction of sp³-hybridized carbons (Fsp3) is 0.583. The van der Waals surface area contributed by atoms with Crippen LogP contribution in [-0.2, 0) is 9.53 Å². The molecule has 1 aliphatic rings. The Morgan fingerprint density at radius 2 is 2.53 bits per heavy atom. The van der Waals surface area contributed by atoms with Crippen LogP contribution in [0.5, 0.6) is 0 Å². The van der Waals surface area contributed by atoms with Gasteiger partial charge < -0.3 is 9.64 Å². The van der Waals surface area contributed by atoms with Crippen molar-refractivity contribution in [1.82, 2.24) is 10.2 Å². The lowest BCUT2D eigenvalue weighted by Crippen LogP contribution is -2.31. The number of ether oxygens (including phenoxy) is 1. The number of carbonyl (C=O) groups excluding carboxylic acids is 1. The molecule has 17 heavy (non-hydrogen) atoms. The van der Waals surface area contributed by atoms with Gasteiger partial charge in [-0.25, -0.2) is 0 Å². The Morgan fingerprint density at radius 1 is 1.65 bits per heavy atom. The Morgan fingerprint density at radius 3 is 3.24 bits per heavy atom. The average Bonchev–Trinajstić information content (AvgIpc) is 2.94. The third-order valence-corrected chi connectivity index (χ3v) is 3.71. The van der Waals surface area contributed by atoms with Gasteiger partial charge in [-0.1, -0.05) is 6.07 Å². The molecular formula is C12H18N2O2S. The van der Waals surface area contributed by atoms with Gasteiger partial charge in [-0.2, -0.15) is 0 Å². The predicted octanol–water partition coefficient (Wildman–Crippen LogP) is 1.61. The van der Waals surface area contributed by atoms with Crippen molar-refractivity contribution in [1.29, 1.82) is 0 Å². The number of nitrogens with one attached hydrogen (secondary N) is 1. The summed E-state index contributed by atoms with van der Waals surface area (Å²) in [7, 11) is 0. The molecule has 1 atom stereocenters. The molecule has 1 unspecified atom stereocenters. The summed E-state index contributed by atoms with van der Waals surface area (Å²) in [6, 6.07) is 4.08. The fourth-order valence-electron chi connectivity index (χ4n) is 1.98. The van der Waals surface area contributed by atoms with Crippen LogP contribution >= 0.6 is 11.3 Å². The molecule has 1 saturated heterocycles. The minimum Gasteiger partial charge on any atom is -0.382 e. The first kappa shape index (κ1) is 12.5. The SMILES string of the molecule is CCOCCCN1C(=O)CNC1c1cccs1. The van der Waals surface area contributed by atoms with E-state index < -0.39 is 0 Å². The van der Waals surface area contributed by atoms with Gasteiger partial charge in [0.05, 0.1) is 6.54 Å². The van der Waals surface area contributed by atoms with Gasteiger partial charge in [0.15, 0.2) is 0 Å². The summed E-state index contributed by atoms with van der Waals surface area (Å²) in [5.41, 5.74) is 0. The minimum absolute atomic E-state index is 0.0594. The molecule has 0 saturated carbocycles. The van der Waals surface area contributed by atoms with Gasteiger partial charge in [-0.3, -0.25) is 10.1 Å². The van der Waals surface area contributed by atoms with Crippen LogP contribution in [0.2, 0.25) is 0 Å². The van der Waals surface area contributed by atoms with Gasteiger partial charge >= 0.3 is 0 Å². The average molecular weight is 254 g/mol. The van der Waals surface area contributed by atoms with E-state index in [1.165, 1.54) is 4.88 Å². The van der Waals surface area contributed by atoms with Gasteiger partial charge in [0, 0.05) is 24.6 Å². The fourth-order valence-corrected chi connectivity index (χ4v) is 2.79. The normalized spacial score (nSPS) is 20.2. The highest BCUT2D eigenvalue weighted by Crippen LogP contribution is 2.26. The third kappa shape index (κ3) is 3.06. The lowest BCUT2D eigenvalue weighted by molar-refractivity contribution is -0.128. The highest BCUT2D eigenvalue weighted by molar-refractivity contribution is 7.10. The summed E-state index contributed by atoms with van der Waals surface area (Å²) >= 11 is 1.68.